The summed E-state index contributed by atoms with van der Waals surface area (Å²) in [4.78, 5) is 12.1. The summed E-state index contributed by atoms with van der Waals surface area (Å²) in [6.45, 7) is 0.544. The van der Waals surface area contributed by atoms with E-state index in [1.165, 1.54) is 11.3 Å². The maximum Gasteiger partial charge on any atom is 0.348 e. The minimum atomic E-state index is -0.314. The molecule has 0 bridgehead atoms. The molecule has 0 unspecified atom stereocenters. The molecule has 2 rings (SSSR count). The second-order valence-electron chi connectivity index (χ2n) is 3.53. The van der Waals surface area contributed by atoms with Gasteiger partial charge in [-0.1, -0.05) is 6.07 Å². The molecule has 1 aromatic heterocycles. The Labute approximate surface area is 109 Å². The van der Waals surface area contributed by atoms with Gasteiger partial charge in [0.25, 0.3) is 0 Å². The Balaban J connectivity index is 1.70. The fraction of sp³-hybridized carbons (Fsp3) is 0.154. The van der Waals surface area contributed by atoms with Crippen LogP contribution in [0, 0.1) is 0 Å². The van der Waals surface area contributed by atoms with E-state index in [1.807, 2.05) is 11.4 Å². The number of hydrogen-bond donors (Lipinski definition) is 1. The molecule has 0 aliphatic carbocycles. The number of nitrogens with two attached hydrogens (primary N) is 1. The number of ether oxygens (including phenoxy) is 2. The lowest BCUT2D eigenvalue weighted by molar-refractivity contribution is 0.0456. The van der Waals surface area contributed by atoms with E-state index in [9.17, 15) is 4.79 Å². The lowest BCUT2D eigenvalue weighted by atomic mass is 10.3. The number of hydrogen-bond acceptors (Lipinski definition) is 5. The van der Waals surface area contributed by atoms with Crippen molar-refractivity contribution in [2.45, 2.75) is 0 Å². The minimum Gasteiger partial charge on any atom is -0.490 e. The summed E-state index contributed by atoms with van der Waals surface area (Å²) in [5, 5.41) is 1.83. The van der Waals surface area contributed by atoms with Crippen LogP contribution in [0.25, 0.3) is 0 Å². The van der Waals surface area contributed by atoms with Crippen LogP contribution in [0.5, 0.6) is 5.75 Å². The largest absolute Gasteiger partial charge is 0.490 e. The fourth-order valence-electron chi connectivity index (χ4n) is 1.32. The Kier molecular flexibility index (Phi) is 4.20. The van der Waals surface area contributed by atoms with Gasteiger partial charge < -0.3 is 15.2 Å². The molecule has 0 aliphatic rings. The zero-order chi connectivity index (χ0) is 12.8. The predicted octanol–water partition coefficient (Wildman–Crippen LogP) is 2.57. The average molecular weight is 263 g/mol. The number of anilines is 1. The van der Waals surface area contributed by atoms with Crippen molar-refractivity contribution in [3.63, 3.8) is 0 Å². The third-order valence-corrected chi connectivity index (χ3v) is 3.04. The topological polar surface area (TPSA) is 61.6 Å². The summed E-state index contributed by atoms with van der Waals surface area (Å²) in [6, 6.07) is 10.6. The normalized spacial score (nSPS) is 10.0. The fourth-order valence-corrected chi connectivity index (χ4v) is 1.94. The number of carbonyl (C=O) groups excluding carboxylic acids is 1. The van der Waals surface area contributed by atoms with Crippen LogP contribution < -0.4 is 10.5 Å². The van der Waals surface area contributed by atoms with Gasteiger partial charge in [0, 0.05) is 5.69 Å². The van der Waals surface area contributed by atoms with Crippen molar-refractivity contribution in [3.8, 4) is 5.75 Å². The van der Waals surface area contributed by atoms with Crippen LogP contribution in [0.3, 0.4) is 0 Å². The predicted molar refractivity (Wildman–Crippen MR) is 71.0 cm³/mol. The van der Waals surface area contributed by atoms with Crippen molar-refractivity contribution in [2.24, 2.45) is 0 Å². The van der Waals surface area contributed by atoms with Crippen molar-refractivity contribution in [1.29, 1.82) is 0 Å². The molecule has 94 valence electrons. The first-order valence-electron chi connectivity index (χ1n) is 5.44. The van der Waals surface area contributed by atoms with Crippen molar-refractivity contribution in [3.05, 3.63) is 46.7 Å². The molecule has 1 aromatic carbocycles. The quantitative estimate of drug-likeness (QED) is 0.511. The summed E-state index contributed by atoms with van der Waals surface area (Å²) in [7, 11) is 0. The van der Waals surface area contributed by atoms with Gasteiger partial charge in [-0.25, -0.2) is 4.79 Å². The molecule has 0 amide bonds. The first-order valence-corrected chi connectivity index (χ1v) is 6.32. The third-order valence-electron chi connectivity index (χ3n) is 2.19. The highest BCUT2D eigenvalue weighted by Crippen LogP contribution is 2.13. The SMILES string of the molecule is Nc1ccc(OCCOC(=O)c2cccs2)cc1. The van der Waals surface area contributed by atoms with Crippen molar-refractivity contribution < 1.29 is 14.3 Å². The molecule has 0 atom stereocenters. The molecule has 4 nitrogen and oxygen atoms in total. The van der Waals surface area contributed by atoms with E-state index in [4.69, 9.17) is 15.2 Å². The number of thiophene rings is 1. The maximum absolute atomic E-state index is 11.5. The Hall–Kier alpha value is -2.01. The maximum atomic E-state index is 11.5. The lowest BCUT2D eigenvalue weighted by Crippen LogP contribution is -2.11. The molecular weight excluding hydrogens is 250 g/mol. The van der Waals surface area contributed by atoms with E-state index >= 15 is 0 Å². The van der Waals surface area contributed by atoms with Crippen molar-refractivity contribution in [1.82, 2.24) is 0 Å². The highest BCUT2D eigenvalue weighted by atomic mass is 32.1. The van der Waals surface area contributed by atoms with Crippen LogP contribution in [0.1, 0.15) is 9.67 Å². The van der Waals surface area contributed by atoms with Gasteiger partial charge in [0.1, 0.15) is 23.8 Å². The van der Waals surface area contributed by atoms with Gasteiger partial charge in [0.05, 0.1) is 0 Å². The van der Waals surface area contributed by atoms with Crippen LogP contribution in [0.15, 0.2) is 41.8 Å². The van der Waals surface area contributed by atoms with Crippen LogP contribution >= 0.6 is 11.3 Å². The first-order chi connectivity index (χ1) is 8.75. The van der Waals surface area contributed by atoms with E-state index in [0.717, 1.165) is 0 Å². The highest BCUT2D eigenvalue weighted by molar-refractivity contribution is 7.11. The van der Waals surface area contributed by atoms with Crippen LogP contribution in [-0.2, 0) is 4.74 Å². The van der Waals surface area contributed by atoms with E-state index in [1.54, 1.807) is 30.3 Å². The average Bonchev–Trinajstić information content (AvgIpc) is 2.90. The summed E-state index contributed by atoms with van der Waals surface area (Å²) >= 11 is 1.36. The molecule has 0 saturated carbocycles. The summed E-state index contributed by atoms with van der Waals surface area (Å²) < 4.78 is 10.5. The molecule has 0 aliphatic heterocycles. The summed E-state index contributed by atoms with van der Waals surface area (Å²) in [6.07, 6.45) is 0. The number of esters is 1. The molecule has 2 aromatic rings. The van der Waals surface area contributed by atoms with E-state index in [-0.39, 0.29) is 12.6 Å². The van der Waals surface area contributed by atoms with Gasteiger partial charge in [-0.15, -0.1) is 11.3 Å². The third kappa shape index (κ3) is 3.49. The van der Waals surface area contributed by atoms with Crippen LogP contribution in [-0.4, -0.2) is 19.2 Å². The first kappa shape index (κ1) is 12.4. The van der Waals surface area contributed by atoms with Gasteiger partial charge in [-0.2, -0.15) is 0 Å². The Morgan fingerprint density at radius 1 is 1.17 bits per heavy atom. The van der Waals surface area contributed by atoms with Gasteiger partial charge in [0.15, 0.2) is 0 Å². The van der Waals surface area contributed by atoms with E-state index in [0.29, 0.717) is 22.9 Å². The number of nitrogen functional groups attached to an aromatic ring is 1. The van der Waals surface area contributed by atoms with Gasteiger partial charge >= 0.3 is 5.97 Å². The van der Waals surface area contributed by atoms with E-state index in [2.05, 4.69) is 0 Å². The molecule has 1 heterocycles. The summed E-state index contributed by atoms with van der Waals surface area (Å²) in [5.74, 6) is 0.391. The van der Waals surface area contributed by atoms with Gasteiger partial charge in [-0.05, 0) is 35.7 Å². The number of benzene rings is 1. The molecule has 5 heteroatoms. The zero-order valence-electron chi connectivity index (χ0n) is 9.67. The van der Waals surface area contributed by atoms with Crippen molar-refractivity contribution in [2.75, 3.05) is 18.9 Å². The highest BCUT2D eigenvalue weighted by Gasteiger charge is 2.07. The second kappa shape index (κ2) is 6.07. The Bertz CT molecular complexity index is 493. The Morgan fingerprint density at radius 2 is 1.94 bits per heavy atom. The molecule has 2 N–H and O–H groups in total. The van der Waals surface area contributed by atoms with Gasteiger partial charge in [0.2, 0.25) is 0 Å². The standard InChI is InChI=1S/C13H13NO3S/c14-10-3-5-11(6-4-10)16-7-8-17-13(15)12-2-1-9-18-12/h1-6,9H,7-8,14H2. The van der Waals surface area contributed by atoms with Crippen LogP contribution in [0.2, 0.25) is 0 Å². The molecule has 0 saturated heterocycles. The molecule has 18 heavy (non-hydrogen) atoms. The monoisotopic (exact) mass is 263 g/mol. The lowest BCUT2D eigenvalue weighted by Gasteiger charge is -2.06. The summed E-state index contributed by atoms with van der Waals surface area (Å²) in [5.41, 5.74) is 6.24. The smallest absolute Gasteiger partial charge is 0.348 e. The zero-order valence-corrected chi connectivity index (χ0v) is 10.5. The minimum absolute atomic E-state index is 0.223. The molecule has 0 spiro atoms. The van der Waals surface area contributed by atoms with Crippen molar-refractivity contribution >= 4 is 23.0 Å². The molecule has 0 radical (unpaired) electrons. The second-order valence-corrected chi connectivity index (χ2v) is 4.48. The van der Waals surface area contributed by atoms with Crippen LogP contribution in [0.4, 0.5) is 5.69 Å². The number of carbonyl (C=O) groups is 1. The van der Waals surface area contributed by atoms with Gasteiger partial charge in [-0.3, -0.25) is 0 Å². The molecule has 0 fully saturated rings. The Morgan fingerprint density at radius 3 is 2.61 bits per heavy atom. The van der Waals surface area contributed by atoms with E-state index < -0.39 is 0 Å². The number of rotatable bonds is 5. The molecular formula is C13H13NO3S.